The minimum Gasteiger partial charge on any atom is -0.463 e. The minimum atomic E-state index is -2.07. The average Bonchev–Trinajstić information content (AvgIpc) is 3.17. The van der Waals surface area contributed by atoms with Crippen LogP contribution in [0.3, 0.4) is 0 Å². The molecule has 376 valence electrons. The van der Waals surface area contributed by atoms with E-state index in [2.05, 4.69) is 0 Å². The standard InChI is InChI=1S/C40H54O27/c1-15(41)52-12-26-29(55-17(3)43)32(58-20(6)46)35(61-23(9)49)38(64-26)54-14-28-31(57-19(5)45)34(60-22(8)48)37(63-25(11)51)40(66-28)67-39-36(62-24(10)50)33(59-21(7)47)30(56-18(4)44)27(65-39)13-53-16(2)42/h26-40H,12-14H2,1-11H3/t26-,27-,28-,29+,30-,31-,32+,33+,34+,35-,36-,37-,38-,39-,40-/m1/s1. The monoisotopic (exact) mass is 966 g/mol. The zero-order valence-corrected chi connectivity index (χ0v) is 38.3. The maximum atomic E-state index is 12.7. The molecule has 3 aliphatic heterocycles. The van der Waals surface area contributed by atoms with Gasteiger partial charge in [0.05, 0.1) is 6.61 Å². The van der Waals surface area contributed by atoms with Crippen LogP contribution in [0.4, 0.5) is 0 Å². The Morgan fingerprint density at radius 3 is 0.776 bits per heavy atom. The Kier molecular flexibility index (Phi) is 20.8. The van der Waals surface area contributed by atoms with E-state index in [1.807, 2.05) is 0 Å². The number of esters is 11. The van der Waals surface area contributed by atoms with E-state index in [0.29, 0.717) is 0 Å². The summed E-state index contributed by atoms with van der Waals surface area (Å²) in [5.41, 5.74) is 0. The fourth-order valence-corrected chi connectivity index (χ4v) is 7.04. The minimum absolute atomic E-state index is 0.641. The van der Waals surface area contributed by atoms with Crippen LogP contribution >= 0.6 is 0 Å². The number of hydrogen-bond acceptors (Lipinski definition) is 27. The molecule has 0 saturated carbocycles. The first-order chi connectivity index (χ1) is 31.3. The van der Waals surface area contributed by atoms with Crippen molar-refractivity contribution in [3.63, 3.8) is 0 Å². The van der Waals surface area contributed by atoms with Crippen LogP contribution in [0.5, 0.6) is 0 Å². The molecule has 0 aromatic rings. The van der Waals surface area contributed by atoms with Gasteiger partial charge in [0.2, 0.25) is 12.6 Å². The van der Waals surface area contributed by atoms with E-state index in [0.717, 1.165) is 76.2 Å². The topological polar surface area (TPSA) is 335 Å². The molecule has 3 heterocycles. The van der Waals surface area contributed by atoms with Gasteiger partial charge < -0.3 is 75.8 Å². The number of carbonyl (C=O) groups is 11. The fourth-order valence-electron chi connectivity index (χ4n) is 7.04. The normalized spacial score (nSPS) is 31.2. The Morgan fingerprint density at radius 2 is 0.507 bits per heavy atom. The second kappa shape index (κ2) is 25.2. The molecule has 3 fully saturated rings. The molecule has 27 nitrogen and oxygen atoms in total. The van der Waals surface area contributed by atoms with Crippen LogP contribution in [0.2, 0.25) is 0 Å². The highest BCUT2D eigenvalue weighted by Gasteiger charge is 2.59. The largest absolute Gasteiger partial charge is 0.463 e. The van der Waals surface area contributed by atoms with E-state index in [9.17, 15) is 52.7 Å². The number of ether oxygens (including phenoxy) is 16. The number of hydrogen-bond donors (Lipinski definition) is 0. The van der Waals surface area contributed by atoms with Gasteiger partial charge in [0.15, 0.2) is 61.2 Å². The molecule has 0 aliphatic carbocycles. The van der Waals surface area contributed by atoms with Gasteiger partial charge in [0.25, 0.3) is 0 Å². The molecule has 3 saturated heterocycles. The lowest BCUT2D eigenvalue weighted by Crippen LogP contribution is -2.67. The third-order valence-electron chi connectivity index (χ3n) is 9.09. The third kappa shape index (κ3) is 17.0. The van der Waals surface area contributed by atoms with Gasteiger partial charge in [-0.15, -0.1) is 0 Å². The average molecular weight is 967 g/mol. The Balaban J connectivity index is 2.23. The number of carbonyl (C=O) groups excluding carboxylic acids is 11. The highest BCUT2D eigenvalue weighted by molar-refractivity contribution is 5.71. The summed E-state index contributed by atoms with van der Waals surface area (Å²) in [6, 6.07) is 0. The molecule has 0 unspecified atom stereocenters. The van der Waals surface area contributed by atoms with Gasteiger partial charge in [0.1, 0.15) is 31.5 Å². The van der Waals surface area contributed by atoms with Crippen molar-refractivity contribution in [1.82, 2.24) is 0 Å². The molecule has 67 heavy (non-hydrogen) atoms. The Hall–Kier alpha value is -6.03. The van der Waals surface area contributed by atoms with Crippen molar-refractivity contribution in [2.24, 2.45) is 0 Å². The highest BCUT2D eigenvalue weighted by Crippen LogP contribution is 2.37. The molecular formula is C40H54O27. The van der Waals surface area contributed by atoms with E-state index in [1.54, 1.807) is 0 Å². The molecule has 0 radical (unpaired) electrons. The van der Waals surface area contributed by atoms with Gasteiger partial charge in [-0.1, -0.05) is 0 Å². The van der Waals surface area contributed by atoms with E-state index < -0.39 is 178 Å². The van der Waals surface area contributed by atoms with Crippen molar-refractivity contribution in [3.05, 3.63) is 0 Å². The van der Waals surface area contributed by atoms with Crippen LogP contribution in [0, 0.1) is 0 Å². The molecular weight excluding hydrogens is 912 g/mol. The Labute approximate surface area is 382 Å². The lowest BCUT2D eigenvalue weighted by atomic mass is 9.96. The van der Waals surface area contributed by atoms with E-state index in [1.165, 1.54) is 0 Å². The van der Waals surface area contributed by atoms with Crippen LogP contribution in [-0.2, 0) is 129 Å². The Morgan fingerprint density at radius 1 is 0.284 bits per heavy atom. The van der Waals surface area contributed by atoms with Crippen LogP contribution in [0.15, 0.2) is 0 Å². The molecule has 0 spiro atoms. The highest BCUT2D eigenvalue weighted by atomic mass is 16.8. The summed E-state index contributed by atoms with van der Waals surface area (Å²) in [5, 5.41) is 0. The van der Waals surface area contributed by atoms with Crippen LogP contribution < -0.4 is 0 Å². The van der Waals surface area contributed by atoms with E-state index in [-0.39, 0.29) is 0 Å². The Bertz CT molecular complexity index is 1850. The van der Waals surface area contributed by atoms with Crippen molar-refractivity contribution in [3.8, 4) is 0 Å². The molecule has 0 N–H and O–H groups in total. The SMILES string of the molecule is CC(=O)OC[C@H]1O[C@@H](OC[C@H]2O[C@H](O[C@H]3O[C@H](COC(C)=O)[C@@H](OC(C)=O)[C@H](OC(C)=O)[C@H]3OC(C)=O)[C@H](OC(C)=O)[C@@H](OC(C)=O)[C@@H]2OC(C)=O)[C@H](OC(C)=O)[C@@H](OC(C)=O)[C@H]1OC(C)=O. The molecule has 15 atom stereocenters. The van der Waals surface area contributed by atoms with E-state index in [4.69, 9.17) is 75.8 Å². The summed E-state index contributed by atoms with van der Waals surface area (Å²) in [6.07, 6.45) is -26.6. The first-order valence-electron chi connectivity index (χ1n) is 20.3. The van der Waals surface area contributed by atoms with Gasteiger partial charge in [-0.25, -0.2) is 0 Å². The van der Waals surface area contributed by atoms with Crippen LogP contribution in [0.25, 0.3) is 0 Å². The van der Waals surface area contributed by atoms with Gasteiger partial charge >= 0.3 is 65.7 Å². The fraction of sp³-hybridized carbons (Fsp3) is 0.725. The number of rotatable bonds is 18. The third-order valence-corrected chi connectivity index (χ3v) is 9.09. The summed E-state index contributed by atoms with van der Waals surface area (Å²) in [4.78, 5) is 136. The molecule has 0 aromatic carbocycles. The smallest absolute Gasteiger partial charge is 0.303 e. The molecule has 0 bridgehead atoms. The maximum absolute atomic E-state index is 12.7. The quantitative estimate of drug-likeness (QED) is 0.114. The zero-order valence-electron chi connectivity index (χ0n) is 38.3. The molecule has 0 amide bonds. The van der Waals surface area contributed by atoms with Gasteiger partial charge in [-0.05, 0) is 0 Å². The van der Waals surface area contributed by atoms with Crippen LogP contribution in [-0.4, -0.2) is 178 Å². The summed E-state index contributed by atoms with van der Waals surface area (Å²) < 4.78 is 90.0. The lowest BCUT2D eigenvalue weighted by Gasteiger charge is -2.48. The second-order valence-electron chi connectivity index (χ2n) is 14.9. The van der Waals surface area contributed by atoms with Gasteiger partial charge in [0, 0.05) is 76.2 Å². The first-order valence-corrected chi connectivity index (χ1v) is 20.3. The van der Waals surface area contributed by atoms with Crippen molar-refractivity contribution in [2.75, 3.05) is 19.8 Å². The van der Waals surface area contributed by atoms with Crippen molar-refractivity contribution >= 4 is 65.7 Å². The summed E-state index contributed by atoms with van der Waals surface area (Å²) >= 11 is 0. The van der Waals surface area contributed by atoms with Crippen LogP contribution in [0.1, 0.15) is 76.2 Å². The molecule has 0 aromatic heterocycles. The van der Waals surface area contributed by atoms with E-state index >= 15 is 0 Å². The summed E-state index contributed by atoms with van der Waals surface area (Å²) in [5.74, 6) is -10.5. The zero-order chi connectivity index (χ0) is 50.4. The summed E-state index contributed by atoms with van der Waals surface area (Å²) in [6.45, 7) is 8.65. The van der Waals surface area contributed by atoms with Crippen molar-refractivity contribution < 1.29 is 129 Å². The second-order valence-corrected chi connectivity index (χ2v) is 14.9. The first kappa shape index (κ1) is 55.3. The summed E-state index contributed by atoms with van der Waals surface area (Å²) in [7, 11) is 0. The maximum Gasteiger partial charge on any atom is 0.303 e. The predicted molar refractivity (Wildman–Crippen MR) is 206 cm³/mol. The van der Waals surface area contributed by atoms with Gasteiger partial charge in [-0.2, -0.15) is 0 Å². The van der Waals surface area contributed by atoms with Gasteiger partial charge in [-0.3, -0.25) is 52.7 Å². The molecule has 27 heteroatoms. The van der Waals surface area contributed by atoms with Crippen molar-refractivity contribution in [1.29, 1.82) is 0 Å². The van der Waals surface area contributed by atoms with Crippen molar-refractivity contribution in [2.45, 2.75) is 168 Å². The predicted octanol–water partition coefficient (Wildman–Crippen LogP) is -1.29. The lowest BCUT2D eigenvalue weighted by molar-refractivity contribution is -0.381. The molecule has 3 aliphatic rings. The molecule has 3 rings (SSSR count).